The molecule has 2 nitrogen and oxygen atoms in total. The number of fused-ring (bicyclic) bond motifs is 3. The Morgan fingerprint density at radius 3 is 2.82 bits per heavy atom. The fourth-order valence-corrected chi connectivity index (χ4v) is 4.98. The molecule has 1 aromatic carbocycles. The van der Waals surface area contributed by atoms with Gasteiger partial charge in [0.05, 0.1) is 4.75 Å². The minimum Gasteiger partial charge on any atom is -0.242 e. The highest BCUT2D eigenvalue weighted by Gasteiger charge is 2.47. The predicted octanol–water partition coefficient (Wildman–Crippen LogP) is 2.98. The maximum absolute atomic E-state index is 12.7. The molecule has 3 heteroatoms. The molecule has 92 valence electrons. The quantitative estimate of drug-likeness (QED) is 0.692. The highest BCUT2D eigenvalue weighted by atomic mass is 32.2. The Bertz CT molecular complexity index is 483. The van der Waals surface area contributed by atoms with Crippen LogP contribution in [0.4, 0.5) is 0 Å². The highest BCUT2D eigenvalue weighted by Crippen LogP contribution is 2.48. The van der Waals surface area contributed by atoms with Gasteiger partial charge in [0.2, 0.25) is 0 Å². The van der Waals surface area contributed by atoms with E-state index in [9.17, 15) is 4.21 Å². The standard InChI is InChI=1S/C14H19NOS/c1-10-8-13-11-6-4-5-7-12(11)14(2,3)17(16)15(13)9-10/h4-7,10,13H,8-9H2,1-3H3/t10?,13-,17?/m1/s1. The van der Waals surface area contributed by atoms with Crippen molar-refractivity contribution in [2.24, 2.45) is 5.92 Å². The summed E-state index contributed by atoms with van der Waals surface area (Å²) in [5, 5.41) is 0. The molecule has 0 saturated carbocycles. The van der Waals surface area contributed by atoms with Crippen LogP contribution in [-0.2, 0) is 15.7 Å². The average molecular weight is 249 g/mol. The third kappa shape index (κ3) is 1.52. The number of hydrogen-bond acceptors (Lipinski definition) is 1. The zero-order valence-corrected chi connectivity index (χ0v) is 11.5. The van der Waals surface area contributed by atoms with Crippen LogP contribution in [0.2, 0.25) is 0 Å². The van der Waals surface area contributed by atoms with Crippen molar-refractivity contribution in [2.45, 2.75) is 38.0 Å². The first-order valence-corrected chi connectivity index (χ1v) is 7.40. The summed E-state index contributed by atoms with van der Waals surface area (Å²) in [6.45, 7) is 7.42. The molecule has 3 atom stereocenters. The van der Waals surface area contributed by atoms with Crippen LogP contribution in [0.15, 0.2) is 24.3 Å². The van der Waals surface area contributed by atoms with E-state index in [1.165, 1.54) is 11.1 Å². The largest absolute Gasteiger partial charge is 0.242 e. The van der Waals surface area contributed by atoms with Crippen LogP contribution in [0.5, 0.6) is 0 Å². The molecular formula is C14H19NOS. The Morgan fingerprint density at radius 1 is 1.35 bits per heavy atom. The molecule has 0 N–H and O–H groups in total. The summed E-state index contributed by atoms with van der Waals surface area (Å²) in [4.78, 5) is 0. The van der Waals surface area contributed by atoms with Crippen LogP contribution in [0, 0.1) is 5.92 Å². The molecular weight excluding hydrogens is 230 g/mol. The minimum atomic E-state index is -0.905. The molecule has 1 aromatic rings. The zero-order chi connectivity index (χ0) is 12.2. The first kappa shape index (κ1) is 11.4. The summed E-state index contributed by atoms with van der Waals surface area (Å²) in [7, 11) is -0.905. The van der Waals surface area contributed by atoms with E-state index in [2.05, 4.69) is 49.3 Å². The van der Waals surface area contributed by atoms with Gasteiger partial charge in [0, 0.05) is 12.6 Å². The maximum Gasteiger partial charge on any atom is 0.105 e. The van der Waals surface area contributed by atoms with Crippen molar-refractivity contribution in [1.82, 2.24) is 4.31 Å². The minimum absolute atomic E-state index is 0.253. The lowest BCUT2D eigenvalue weighted by atomic mass is 9.90. The van der Waals surface area contributed by atoms with E-state index < -0.39 is 11.0 Å². The van der Waals surface area contributed by atoms with Gasteiger partial charge in [-0.15, -0.1) is 0 Å². The summed E-state index contributed by atoms with van der Waals surface area (Å²) in [5.41, 5.74) is 2.66. The van der Waals surface area contributed by atoms with Crippen LogP contribution in [0.3, 0.4) is 0 Å². The SMILES string of the molecule is CC1C[C@@H]2c3ccccc3C(C)(C)S(=O)N2C1. The van der Waals surface area contributed by atoms with Gasteiger partial charge in [-0.3, -0.25) is 0 Å². The van der Waals surface area contributed by atoms with Crippen molar-refractivity contribution < 1.29 is 4.21 Å². The number of rotatable bonds is 0. The first-order valence-electron chi connectivity index (χ1n) is 6.30. The number of hydrogen-bond donors (Lipinski definition) is 0. The Balaban J connectivity index is 2.19. The molecule has 0 aliphatic carbocycles. The normalized spacial score (nSPS) is 35.4. The summed E-state index contributed by atoms with van der Waals surface area (Å²) in [6, 6.07) is 8.89. The monoisotopic (exact) mass is 249 g/mol. The van der Waals surface area contributed by atoms with Crippen LogP contribution < -0.4 is 0 Å². The third-order valence-corrected chi connectivity index (χ3v) is 6.01. The molecule has 2 unspecified atom stereocenters. The second-order valence-corrected chi connectivity index (χ2v) is 7.79. The Hall–Kier alpha value is -0.670. The topological polar surface area (TPSA) is 20.3 Å². The Kier molecular flexibility index (Phi) is 2.46. The first-order chi connectivity index (χ1) is 8.01. The van der Waals surface area contributed by atoms with E-state index in [0.717, 1.165) is 13.0 Å². The summed E-state index contributed by atoms with van der Waals surface area (Å²) >= 11 is 0. The van der Waals surface area contributed by atoms with Gasteiger partial charge in [0.1, 0.15) is 11.0 Å². The number of benzene rings is 1. The predicted molar refractivity (Wildman–Crippen MR) is 70.8 cm³/mol. The summed E-state index contributed by atoms with van der Waals surface area (Å²) < 4.78 is 14.6. The van der Waals surface area contributed by atoms with E-state index in [4.69, 9.17) is 0 Å². The Labute approximate surface area is 106 Å². The van der Waals surface area contributed by atoms with Crippen LogP contribution in [0.25, 0.3) is 0 Å². The fraction of sp³-hybridized carbons (Fsp3) is 0.571. The second-order valence-electron chi connectivity index (χ2n) is 5.80. The molecule has 0 amide bonds. The van der Waals surface area contributed by atoms with E-state index in [1.807, 2.05) is 0 Å². The second kappa shape index (κ2) is 3.66. The smallest absolute Gasteiger partial charge is 0.105 e. The van der Waals surface area contributed by atoms with Gasteiger partial charge >= 0.3 is 0 Å². The van der Waals surface area contributed by atoms with Gasteiger partial charge in [0.15, 0.2) is 0 Å². The number of nitrogens with zero attached hydrogens (tertiary/aromatic N) is 1. The van der Waals surface area contributed by atoms with Gasteiger partial charge in [-0.1, -0.05) is 31.2 Å². The molecule has 17 heavy (non-hydrogen) atoms. The van der Waals surface area contributed by atoms with Gasteiger partial charge in [-0.25, -0.2) is 8.51 Å². The molecule has 0 radical (unpaired) electrons. The maximum atomic E-state index is 12.7. The molecule has 0 aromatic heterocycles. The summed E-state index contributed by atoms with van der Waals surface area (Å²) in [6.07, 6.45) is 1.14. The average Bonchev–Trinajstić information content (AvgIpc) is 2.69. The molecule has 2 heterocycles. The molecule has 1 fully saturated rings. The van der Waals surface area contributed by atoms with Crippen molar-refractivity contribution in [3.63, 3.8) is 0 Å². The highest BCUT2D eigenvalue weighted by molar-refractivity contribution is 7.83. The molecule has 1 saturated heterocycles. The third-order valence-electron chi connectivity index (χ3n) is 4.08. The van der Waals surface area contributed by atoms with Crippen molar-refractivity contribution in [3.05, 3.63) is 35.4 Å². The van der Waals surface area contributed by atoms with Crippen molar-refractivity contribution in [2.75, 3.05) is 6.54 Å². The lowest BCUT2D eigenvalue weighted by Crippen LogP contribution is -2.43. The van der Waals surface area contributed by atoms with Crippen molar-refractivity contribution in [3.8, 4) is 0 Å². The molecule has 0 spiro atoms. The molecule has 2 aliphatic rings. The van der Waals surface area contributed by atoms with Crippen molar-refractivity contribution in [1.29, 1.82) is 0 Å². The van der Waals surface area contributed by atoms with E-state index in [1.54, 1.807) is 0 Å². The summed E-state index contributed by atoms with van der Waals surface area (Å²) in [5.74, 6) is 0.644. The molecule has 3 rings (SSSR count). The van der Waals surface area contributed by atoms with Gasteiger partial charge in [-0.05, 0) is 37.3 Å². The van der Waals surface area contributed by atoms with Crippen LogP contribution >= 0.6 is 0 Å². The Morgan fingerprint density at radius 2 is 2.06 bits per heavy atom. The van der Waals surface area contributed by atoms with Crippen LogP contribution in [-0.4, -0.2) is 15.1 Å². The lowest BCUT2D eigenvalue weighted by Gasteiger charge is -2.40. The van der Waals surface area contributed by atoms with Gasteiger partial charge in [-0.2, -0.15) is 0 Å². The van der Waals surface area contributed by atoms with E-state index >= 15 is 0 Å². The molecule has 0 bridgehead atoms. The zero-order valence-electron chi connectivity index (χ0n) is 10.6. The lowest BCUT2D eigenvalue weighted by molar-refractivity contribution is 0.391. The van der Waals surface area contributed by atoms with Gasteiger partial charge < -0.3 is 0 Å². The molecule has 2 aliphatic heterocycles. The van der Waals surface area contributed by atoms with Gasteiger partial charge in [0.25, 0.3) is 0 Å². The van der Waals surface area contributed by atoms with Crippen molar-refractivity contribution >= 4 is 11.0 Å². The van der Waals surface area contributed by atoms with E-state index in [0.29, 0.717) is 12.0 Å². The van der Waals surface area contributed by atoms with E-state index in [-0.39, 0.29) is 4.75 Å². The van der Waals surface area contributed by atoms with Crippen LogP contribution in [0.1, 0.15) is 44.4 Å². The fourth-order valence-electron chi connectivity index (χ4n) is 3.20.